The maximum atomic E-state index is 11.9. The molecule has 6 heteroatoms. The Morgan fingerprint density at radius 2 is 2.11 bits per heavy atom. The number of aliphatic hydroxyl groups excluding tert-OH is 1. The van der Waals surface area contributed by atoms with E-state index in [0.29, 0.717) is 10.7 Å². The zero-order valence-electron chi connectivity index (χ0n) is 10.3. The van der Waals surface area contributed by atoms with E-state index in [1.807, 2.05) is 13.0 Å². The number of carbonyl (C=O) groups is 2. The van der Waals surface area contributed by atoms with Crippen molar-refractivity contribution in [3.63, 3.8) is 0 Å². The Morgan fingerprint density at radius 1 is 1.37 bits per heavy atom. The zero-order chi connectivity index (χ0) is 14.0. The van der Waals surface area contributed by atoms with Gasteiger partial charge in [-0.25, -0.2) is 0 Å². The summed E-state index contributed by atoms with van der Waals surface area (Å²) < 4.78 is 0. The fourth-order valence-corrected chi connectivity index (χ4v) is 1.92. The quantitative estimate of drug-likeness (QED) is 0.816. The molecule has 0 fully saturated rings. The summed E-state index contributed by atoms with van der Waals surface area (Å²) in [5.41, 5.74) is 1.74. The third-order valence-corrected chi connectivity index (χ3v) is 3.19. The molecule has 1 aliphatic heterocycles. The Kier molecular flexibility index (Phi) is 3.87. The van der Waals surface area contributed by atoms with E-state index >= 15 is 0 Å². The van der Waals surface area contributed by atoms with Crippen LogP contribution in [-0.4, -0.2) is 35.0 Å². The summed E-state index contributed by atoms with van der Waals surface area (Å²) in [6, 6.07) is 5.27. The van der Waals surface area contributed by atoms with Crippen LogP contribution >= 0.6 is 11.6 Å². The van der Waals surface area contributed by atoms with Crippen LogP contribution in [0.1, 0.15) is 5.56 Å². The fourth-order valence-electron chi connectivity index (χ4n) is 1.74. The average molecular weight is 281 g/mol. The van der Waals surface area contributed by atoms with Crippen molar-refractivity contribution < 1.29 is 14.7 Å². The lowest BCUT2D eigenvalue weighted by atomic mass is 10.2. The van der Waals surface area contributed by atoms with Crippen molar-refractivity contribution >= 4 is 29.1 Å². The molecule has 0 saturated heterocycles. The van der Waals surface area contributed by atoms with Crippen LogP contribution in [-0.2, 0) is 9.59 Å². The molecule has 2 rings (SSSR count). The first-order chi connectivity index (χ1) is 9.02. The molecule has 1 aromatic carbocycles. The number of imide groups is 1. The molecular weight excluding hydrogens is 268 g/mol. The van der Waals surface area contributed by atoms with E-state index in [2.05, 4.69) is 5.32 Å². The fraction of sp³-hybridized carbons (Fsp3) is 0.231. The second-order valence-corrected chi connectivity index (χ2v) is 4.57. The van der Waals surface area contributed by atoms with Crippen molar-refractivity contribution in [3.8, 4) is 0 Å². The Morgan fingerprint density at radius 3 is 2.74 bits per heavy atom. The van der Waals surface area contributed by atoms with Crippen LogP contribution in [0.2, 0.25) is 5.02 Å². The van der Waals surface area contributed by atoms with E-state index in [9.17, 15) is 9.59 Å². The Hall–Kier alpha value is -1.85. The third-order valence-electron chi connectivity index (χ3n) is 2.78. The summed E-state index contributed by atoms with van der Waals surface area (Å²) in [5.74, 6) is -0.879. The van der Waals surface area contributed by atoms with Crippen molar-refractivity contribution in [2.24, 2.45) is 0 Å². The Balaban J connectivity index is 2.16. The normalized spacial score (nSPS) is 14.9. The molecule has 1 aliphatic rings. The van der Waals surface area contributed by atoms with Crippen LogP contribution in [0.25, 0.3) is 0 Å². The number of amides is 2. The minimum Gasteiger partial charge on any atom is -0.395 e. The topological polar surface area (TPSA) is 69.6 Å². The average Bonchev–Trinajstić information content (AvgIpc) is 2.62. The largest absolute Gasteiger partial charge is 0.395 e. The summed E-state index contributed by atoms with van der Waals surface area (Å²) in [6.45, 7) is 1.61. The molecule has 2 amide bonds. The molecule has 2 N–H and O–H groups in total. The van der Waals surface area contributed by atoms with Crippen LogP contribution in [0.15, 0.2) is 30.0 Å². The number of rotatable bonds is 4. The van der Waals surface area contributed by atoms with Crippen molar-refractivity contribution in [2.75, 3.05) is 18.5 Å². The maximum absolute atomic E-state index is 11.9. The molecule has 100 valence electrons. The molecule has 5 nitrogen and oxygen atoms in total. The van der Waals surface area contributed by atoms with Crippen molar-refractivity contribution in [1.29, 1.82) is 0 Å². The lowest BCUT2D eigenvalue weighted by molar-refractivity contribution is -0.137. The predicted octanol–water partition coefficient (Wildman–Crippen LogP) is 1.31. The van der Waals surface area contributed by atoms with Gasteiger partial charge in [-0.05, 0) is 24.6 Å². The highest BCUT2D eigenvalue weighted by atomic mass is 35.5. The van der Waals surface area contributed by atoms with Crippen LogP contribution in [0.3, 0.4) is 0 Å². The minimum absolute atomic E-state index is 0.00595. The van der Waals surface area contributed by atoms with Crippen molar-refractivity contribution in [3.05, 3.63) is 40.6 Å². The number of aliphatic hydroxyl groups is 1. The van der Waals surface area contributed by atoms with E-state index in [1.165, 1.54) is 6.08 Å². The standard InChI is InChI=1S/C13H13ClN2O3/c1-8-2-3-9(6-10(8)14)15-11-7-12(18)16(4-5-17)13(11)19/h2-3,6-7,15,17H,4-5H2,1H3. The van der Waals surface area contributed by atoms with Crippen LogP contribution in [0.5, 0.6) is 0 Å². The highest BCUT2D eigenvalue weighted by molar-refractivity contribution is 6.31. The van der Waals surface area contributed by atoms with E-state index in [1.54, 1.807) is 12.1 Å². The number of β-amino-alcohol motifs (C(OH)–C–C–N with tert-alkyl or cyclic N) is 1. The summed E-state index contributed by atoms with van der Waals surface area (Å²) in [5, 5.41) is 12.2. The lowest BCUT2D eigenvalue weighted by Gasteiger charge is -2.13. The van der Waals surface area contributed by atoms with Gasteiger partial charge in [0, 0.05) is 16.8 Å². The molecular formula is C13H13ClN2O3. The Labute approximate surface area is 115 Å². The van der Waals surface area contributed by atoms with Crippen molar-refractivity contribution in [1.82, 2.24) is 4.90 Å². The van der Waals surface area contributed by atoms with Gasteiger partial charge in [0.15, 0.2) is 0 Å². The molecule has 19 heavy (non-hydrogen) atoms. The second kappa shape index (κ2) is 5.42. The molecule has 0 aliphatic carbocycles. The van der Waals surface area contributed by atoms with Gasteiger partial charge in [-0.3, -0.25) is 14.5 Å². The number of anilines is 1. The number of hydrogen-bond donors (Lipinski definition) is 2. The van der Waals surface area contributed by atoms with Gasteiger partial charge in [0.25, 0.3) is 11.8 Å². The summed E-state index contributed by atoms with van der Waals surface area (Å²) in [4.78, 5) is 24.4. The number of aryl methyl sites for hydroxylation is 1. The molecule has 1 aromatic rings. The lowest BCUT2D eigenvalue weighted by Crippen LogP contribution is -2.34. The second-order valence-electron chi connectivity index (χ2n) is 4.17. The van der Waals surface area contributed by atoms with Crippen LogP contribution < -0.4 is 5.32 Å². The molecule has 0 unspecified atom stereocenters. The molecule has 0 radical (unpaired) electrons. The molecule has 0 saturated carbocycles. The highest BCUT2D eigenvalue weighted by Gasteiger charge is 2.30. The smallest absolute Gasteiger partial charge is 0.277 e. The predicted molar refractivity (Wildman–Crippen MR) is 71.7 cm³/mol. The summed E-state index contributed by atoms with van der Waals surface area (Å²) in [6.07, 6.45) is 1.21. The van der Waals surface area contributed by atoms with Gasteiger partial charge in [0.05, 0.1) is 13.2 Å². The van der Waals surface area contributed by atoms with Gasteiger partial charge >= 0.3 is 0 Å². The van der Waals surface area contributed by atoms with Gasteiger partial charge in [0.1, 0.15) is 5.70 Å². The van der Waals surface area contributed by atoms with Crippen LogP contribution in [0, 0.1) is 6.92 Å². The zero-order valence-corrected chi connectivity index (χ0v) is 11.1. The van der Waals surface area contributed by atoms with Crippen LogP contribution in [0.4, 0.5) is 5.69 Å². The highest BCUT2D eigenvalue weighted by Crippen LogP contribution is 2.22. The van der Waals surface area contributed by atoms with Crippen molar-refractivity contribution in [2.45, 2.75) is 6.92 Å². The molecule has 0 spiro atoms. The number of nitrogens with zero attached hydrogens (tertiary/aromatic N) is 1. The summed E-state index contributed by atoms with van der Waals surface area (Å²) in [7, 11) is 0. The van der Waals surface area contributed by atoms with E-state index in [-0.39, 0.29) is 18.8 Å². The van der Waals surface area contributed by atoms with E-state index in [0.717, 1.165) is 10.5 Å². The molecule has 0 aromatic heterocycles. The van der Waals surface area contributed by atoms with Gasteiger partial charge in [-0.2, -0.15) is 0 Å². The molecule has 0 bridgehead atoms. The van der Waals surface area contributed by atoms with Gasteiger partial charge in [-0.15, -0.1) is 0 Å². The molecule has 0 atom stereocenters. The number of carbonyl (C=O) groups excluding carboxylic acids is 2. The minimum atomic E-state index is -0.448. The van der Waals surface area contributed by atoms with E-state index in [4.69, 9.17) is 16.7 Å². The molecule has 1 heterocycles. The first-order valence-electron chi connectivity index (χ1n) is 5.74. The first-order valence-corrected chi connectivity index (χ1v) is 6.12. The van der Waals surface area contributed by atoms with E-state index < -0.39 is 11.8 Å². The third kappa shape index (κ3) is 2.77. The Bertz CT molecular complexity index is 569. The number of nitrogens with one attached hydrogen (secondary N) is 1. The SMILES string of the molecule is Cc1ccc(NC2=CC(=O)N(CCO)C2=O)cc1Cl. The van der Waals surface area contributed by atoms with Gasteiger partial charge in [-0.1, -0.05) is 17.7 Å². The number of benzene rings is 1. The number of halogens is 1. The first kappa shape index (κ1) is 13.6. The maximum Gasteiger partial charge on any atom is 0.277 e. The monoisotopic (exact) mass is 280 g/mol. The number of hydrogen-bond acceptors (Lipinski definition) is 4. The van der Waals surface area contributed by atoms with Gasteiger partial charge in [0.2, 0.25) is 0 Å². The summed E-state index contributed by atoms with van der Waals surface area (Å²) >= 11 is 5.99. The van der Waals surface area contributed by atoms with Gasteiger partial charge < -0.3 is 10.4 Å².